The molecule has 1 unspecified atom stereocenters. The van der Waals surface area contributed by atoms with Crippen molar-refractivity contribution in [2.24, 2.45) is 0 Å². The molecule has 1 heterocycles. The first kappa shape index (κ1) is 12.9. The summed E-state index contributed by atoms with van der Waals surface area (Å²) >= 11 is 0. The highest BCUT2D eigenvalue weighted by Crippen LogP contribution is 2.16. The third-order valence-electron chi connectivity index (χ3n) is 3.27. The Hall–Kier alpha value is -1.54. The Balaban J connectivity index is 2.08. The highest BCUT2D eigenvalue weighted by Gasteiger charge is 2.03. The molecule has 2 heteroatoms. The van der Waals surface area contributed by atoms with E-state index in [-0.39, 0.29) is 0 Å². The van der Waals surface area contributed by atoms with Crippen LogP contribution >= 0.6 is 0 Å². The summed E-state index contributed by atoms with van der Waals surface area (Å²) in [5, 5.41) is 9.49. The topological polar surface area (TPSA) is 25.2 Å². The van der Waals surface area contributed by atoms with Crippen LogP contribution in [0.4, 0.5) is 0 Å². The predicted octanol–water partition coefficient (Wildman–Crippen LogP) is 3.71. The van der Waals surface area contributed by atoms with Gasteiger partial charge in [-0.25, -0.2) is 0 Å². The van der Waals surface area contributed by atoms with E-state index < -0.39 is 6.10 Å². The number of benzene rings is 1. The van der Waals surface area contributed by atoms with Crippen molar-refractivity contribution in [3.63, 3.8) is 0 Å². The summed E-state index contributed by atoms with van der Waals surface area (Å²) in [6.07, 6.45) is 3.62. The zero-order chi connectivity index (χ0) is 13.1. The van der Waals surface area contributed by atoms with Crippen LogP contribution in [0.25, 0.3) is 0 Å². The summed E-state index contributed by atoms with van der Waals surface area (Å²) < 4.78 is 2.10. The van der Waals surface area contributed by atoms with Gasteiger partial charge < -0.3 is 9.67 Å². The van der Waals surface area contributed by atoms with Crippen LogP contribution in [0.15, 0.2) is 42.7 Å². The molecule has 0 aliphatic heterocycles. The van der Waals surface area contributed by atoms with E-state index in [9.17, 15) is 5.11 Å². The van der Waals surface area contributed by atoms with E-state index in [0.717, 1.165) is 12.1 Å². The smallest absolute Gasteiger partial charge is 0.0776 e. The second-order valence-corrected chi connectivity index (χ2v) is 5.19. The third-order valence-corrected chi connectivity index (χ3v) is 3.27. The second kappa shape index (κ2) is 5.40. The van der Waals surface area contributed by atoms with Gasteiger partial charge in [-0.3, -0.25) is 0 Å². The van der Waals surface area contributed by atoms with Crippen LogP contribution in [0.3, 0.4) is 0 Å². The average Bonchev–Trinajstić information content (AvgIpc) is 2.78. The molecule has 0 aliphatic rings. The molecule has 1 N–H and O–H groups in total. The Morgan fingerprint density at radius 3 is 2.17 bits per heavy atom. The van der Waals surface area contributed by atoms with E-state index in [1.54, 1.807) is 6.92 Å². The first-order valence-corrected chi connectivity index (χ1v) is 6.49. The zero-order valence-corrected chi connectivity index (χ0v) is 11.3. The van der Waals surface area contributed by atoms with Crippen LogP contribution in [0.2, 0.25) is 0 Å². The molecule has 0 saturated heterocycles. The predicted molar refractivity (Wildman–Crippen MR) is 74.7 cm³/mol. The van der Waals surface area contributed by atoms with Crippen molar-refractivity contribution in [1.82, 2.24) is 4.57 Å². The van der Waals surface area contributed by atoms with E-state index in [1.165, 1.54) is 11.1 Å². The quantitative estimate of drug-likeness (QED) is 0.870. The highest BCUT2D eigenvalue weighted by atomic mass is 16.3. The number of rotatable bonds is 4. The minimum atomic E-state index is -0.394. The fourth-order valence-corrected chi connectivity index (χ4v) is 2.02. The number of aliphatic hydroxyl groups is 1. The summed E-state index contributed by atoms with van der Waals surface area (Å²) in [6, 6.07) is 10.7. The van der Waals surface area contributed by atoms with E-state index >= 15 is 0 Å². The molecular formula is C16H21NO. The number of nitrogens with zero attached hydrogens (tertiary/aromatic N) is 1. The molecule has 0 radical (unpaired) electrons. The van der Waals surface area contributed by atoms with Gasteiger partial charge in [0, 0.05) is 18.9 Å². The Kier molecular flexibility index (Phi) is 3.87. The van der Waals surface area contributed by atoms with E-state index in [2.05, 4.69) is 42.7 Å². The fourth-order valence-electron chi connectivity index (χ4n) is 2.02. The van der Waals surface area contributed by atoms with E-state index in [4.69, 9.17) is 0 Å². The van der Waals surface area contributed by atoms with Crippen molar-refractivity contribution >= 4 is 0 Å². The van der Waals surface area contributed by atoms with Crippen LogP contribution in [-0.4, -0.2) is 9.67 Å². The van der Waals surface area contributed by atoms with Gasteiger partial charge >= 0.3 is 0 Å². The van der Waals surface area contributed by atoms with Crippen LogP contribution in [0.5, 0.6) is 0 Å². The van der Waals surface area contributed by atoms with Crippen LogP contribution in [0.1, 0.15) is 49.5 Å². The van der Waals surface area contributed by atoms with Gasteiger partial charge in [-0.2, -0.15) is 0 Å². The van der Waals surface area contributed by atoms with Gasteiger partial charge in [-0.05, 0) is 35.6 Å². The van der Waals surface area contributed by atoms with Crippen molar-refractivity contribution in [1.29, 1.82) is 0 Å². The molecule has 18 heavy (non-hydrogen) atoms. The van der Waals surface area contributed by atoms with Crippen LogP contribution < -0.4 is 0 Å². The maximum atomic E-state index is 9.49. The number of aliphatic hydroxyl groups excluding tert-OH is 1. The highest BCUT2D eigenvalue weighted by molar-refractivity contribution is 5.25. The van der Waals surface area contributed by atoms with Crippen molar-refractivity contribution in [2.45, 2.75) is 39.3 Å². The maximum Gasteiger partial charge on any atom is 0.0776 e. The van der Waals surface area contributed by atoms with Crippen molar-refractivity contribution in [3.05, 3.63) is 59.4 Å². The molecule has 2 aromatic rings. The molecule has 2 rings (SSSR count). The van der Waals surface area contributed by atoms with Gasteiger partial charge in [0.2, 0.25) is 0 Å². The minimum Gasteiger partial charge on any atom is -0.389 e. The zero-order valence-electron chi connectivity index (χ0n) is 11.3. The van der Waals surface area contributed by atoms with Gasteiger partial charge in [-0.15, -0.1) is 0 Å². The Morgan fingerprint density at radius 1 is 1.00 bits per heavy atom. The minimum absolute atomic E-state index is 0.394. The van der Waals surface area contributed by atoms with Gasteiger partial charge in [0.15, 0.2) is 0 Å². The lowest BCUT2D eigenvalue weighted by Gasteiger charge is -2.08. The fraction of sp³-hybridized carbons (Fsp3) is 0.375. The third kappa shape index (κ3) is 3.02. The summed E-state index contributed by atoms with van der Waals surface area (Å²) in [5.74, 6) is 0.576. The van der Waals surface area contributed by atoms with Gasteiger partial charge in [-0.1, -0.05) is 38.1 Å². The SMILES string of the molecule is CC(C)c1ccc(Cn2ccc(C(C)O)c2)cc1. The monoisotopic (exact) mass is 243 g/mol. The van der Waals surface area contributed by atoms with Crippen molar-refractivity contribution < 1.29 is 5.11 Å². The molecule has 1 atom stereocenters. The summed E-state index contributed by atoms with van der Waals surface area (Å²) in [7, 11) is 0. The standard InChI is InChI=1S/C16H21NO/c1-12(2)15-6-4-14(5-7-15)10-17-9-8-16(11-17)13(3)18/h4-9,11-13,18H,10H2,1-3H3. The first-order chi connectivity index (χ1) is 8.56. The van der Waals surface area contributed by atoms with E-state index in [0.29, 0.717) is 5.92 Å². The molecule has 2 nitrogen and oxygen atoms in total. The van der Waals surface area contributed by atoms with Crippen LogP contribution in [-0.2, 0) is 6.54 Å². The van der Waals surface area contributed by atoms with Gasteiger partial charge in [0.25, 0.3) is 0 Å². The molecule has 0 amide bonds. The number of hydrogen-bond acceptors (Lipinski definition) is 1. The van der Waals surface area contributed by atoms with Crippen LogP contribution in [0, 0.1) is 0 Å². The molecule has 0 bridgehead atoms. The maximum absolute atomic E-state index is 9.49. The Morgan fingerprint density at radius 2 is 1.67 bits per heavy atom. The number of aromatic nitrogens is 1. The Labute approximate surface area is 109 Å². The second-order valence-electron chi connectivity index (χ2n) is 5.19. The Bertz CT molecular complexity index is 494. The lowest BCUT2D eigenvalue weighted by molar-refractivity contribution is 0.199. The van der Waals surface area contributed by atoms with Crippen molar-refractivity contribution in [2.75, 3.05) is 0 Å². The average molecular weight is 243 g/mol. The molecule has 0 aliphatic carbocycles. The lowest BCUT2D eigenvalue weighted by Crippen LogP contribution is -1.97. The summed E-state index contributed by atoms with van der Waals surface area (Å²) in [5.41, 5.74) is 3.62. The van der Waals surface area contributed by atoms with Gasteiger partial charge in [0.1, 0.15) is 0 Å². The normalized spacial score (nSPS) is 12.9. The summed E-state index contributed by atoms with van der Waals surface area (Å²) in [6.45, 7) is 7.05. The molecule has 96 valence electrons. The van der Waals surface area contributed by atoms with Crippen molar-refractivity contribution in [3.8, 4) is 0 Å². The lowest BCUT2D eigenvalue weighted by atomic mass is 10.0. The molecule has 1 aromatic heterocycles. The largest absolute Gasteiger partial charge is 0.389 e. The molecule has 1 aromatic carbocycles. The molecule has 0 spiro atoms. The van der Waals surface area contributed by atoms with Gasteiger partial charge in [0.05, 0.1) is 6.10 Å². The molecular weight excluding hydrogens is 222 g/mol. The van der Waals surface area contributed by atoms with E-state index in [1.807, 2.05) is 18.5 Å². The molecule has 0 saturated carbocycles. The molecule has 0 fully saturated rings. The summed E-state index contributed by atoms with van der Waals surface area (Å²) in [4.78, 5) is 0. The first-order valence-electron chi connectivity index (χ1n) is 6.49. The number of hydrogen-bond donors (Lipinski definition) is 1.